The highest BCUT2D eigenvalue weighted by Gasteiger charge is 2.74. The van der Waals surface area contributed by atoms with Gasteiger partial charge in [0.2, 0.25) is 0 Å². The number of phenols is 1. The molecule has 0 saturated carbocycles. The minimum Gasteiger partial charge on any atom is -0.507 e. The van der Waals surface area contributed by atoms with Crippen LogP contribution in [0.2, 0.25) is 5.02 Å². The highest BCUT2D eigenvalue weighted by atomic mass is 35.5. The Morgan fingerprint density at radius 2 is 1.41 bits per heavy atom. The molecule has 2 amide bonds. The van der Waals surface area contributed by atoms with E-state index in [2.05, 4.69) is 0 Å². The van der Waals surface area contributed by atoms with Crippen LogP contribution < -0.4 is 15.5 Å². The van der Waals surface area contributed by atoms with E-state index in [0.29, 0.717) is 11.4 Å². The van der Waals surface area contributed by atoms with Crippen LogP contribution in [0.4, 0.5) is 17.1 Å². The van der Waals surface area contributed by atoms with Gasteiger partial charge >= 0.3 is 23.4 Å². The predicted octanol–water partition coefficient (Wildman–Crippen LogP) is 4.33. The van der Waals surface area contributed by atoms with E-state index in [1.54, 1.807) is 91.0 Å². The van der Waals surface area contributed by atoms with Gasteiger partial charge in [-0.25, -0.2) is 4.79 Å². The summed E-state index contributed by atoms with van der Waals surface area (Å²) >= 11 is 6.28. The van der Waals surface area contributed by atoms with E-state index in [1.165, 1.54) is 27.7 Å². The number of ketones is 1. The van der Waals surface area contributed by atoms with Gasteiger partial charge in [-0.1, -0.05) is 78.3 Å². The Hall–Kier alpha value is -5.41. The fraction of sp³-hybridized carbons (Fsp3) is 0.0323. The van der Waals surface area contributed by atoms with Crippen molar-refractivity contribution in [3.8, 4) is 5.75 Å². The molecule has 4 aromatic rings. The lowest BCUT2D eigenvalue weighted by molar-refractivity contribution is -0.494. The molecule has 1 fully saturated rings. The number of hydrogen-bond donors (Lipinski definition) is 3. The van der Waals surface area contributed by atoms with E-state index in [4.69, 9.17) is 17.3 Å². The third-order valence-electron chi connectivity index (χ3n) is 7.07. The SMILES string of the molecule is NC1=[N+](c2ccccc2)C2(C(=O)N1c1ccccc1)/C(=C(\O)c1ccccc1)C(=O)C(=O)N2c1cc(Cl)ccc1O. The van der Waals surface area contributed by atoms with Gasteiger partial charge in [0.05, 0.1) is 5.69 Å². The van der Waals surface area contributed by atoms with E-state index in [9.17, 15) is 24.6 Å². The molecule has 10 heteroatoms. The Labute approximate surface area is 239 Å². The highest BCUT2D eigenvalue weighted by molar-refractivity contribution is 6.55. The van der Waals surface area contributed by atoms with Crippen LogP contribution in [0.25, 0.3) is 5.76 Å². The van der Waals surface area contributed by atoms with Crippen LogP contribution in [0, 0.1) is 0 Å². The summed E-state index contributed by atoms with van der Waals surface area (Å²) < 4.78 is 1.32. The predicted molar refractivity (Wildman–Crippen MR) is 154 cm³/mol. The quantitative estimate of drug-likeness (QED) is 0.146. The van der Waals surface area contributed by atoms with Crippen molar-refractivity contribution in [1.29, 1.82) is 0 Å². The van der Waals surface area contributed by atoms with Crippen molar-refractivity contribution in [2.75, 3.05) is 9.80 Å². The smallest absolute Gasteiger partial charge is 0.366 e. The van der Waals surface area contributed by atoms with E-state index < -0.39 is 40.3 Å². The van der Waals surface area contributed by atoms with Crippen LogP contribution in [0.3, 0.4) is 0 Å². The number of amides is 2. The number of carbonyl (C=O) groups excluding carboxylic acids is 3. The molecule has 1 unspecified atom stereocenters. The molecule has 6 rings (SSSR count). The number of anilines is 2. The molecule has 2 aliphatic rings. The molecule has 0 bridgehead atoms. The van der Waals surface area contributed by atoms with Crippen molar-refractivity contribution in [3.05, 3.63) is 125 Å². The Kier molecular flexibility index (Phi) is 6.08. The molecule has 0 aromatic heterocycles. The number of phenolic OH excluding ortho intramolecular Hbond substituents is 1. The molecule has 0 aliphatic carbocycles. The number of para-hydroxylation sites is 2. The molecule has 1 spiro atoms. The van der Waals surface area contributed by atoms with Crippen molar-refractivity contribution in [2.24, 2.45) is 5.73 Å². The average molecular weight is 566 g/mol. The summed E-state index contributed by atoms with van der Waals surface area (Å²) in [5.41, 5.74) is 4.49. The number of carbonyl (C=O) groups is 3. The minimum absolute atomic E-state index is 0.131. The molecule has 41 heavy (non-hydrogen) atoms. The number of hydrogen-bond acceptors (Lipinski definition) is 6. The van der Waals surface area contributed by atoms with Gasteiger partial charge in [0, 0.05) is 10.6 Å². The van der Waals surface area contributed by atoms with E-state index >= 15 is 0 Å². The fourth-order valence-corrected chi connectivity index (χ4v) is 5.52. The summed E-state index contributed by atoms with van der Waals surface area (Å²) in [4.78, 5) is 44.9. The fourth-order valence-electron chi connectivity index (χ4n) is 5.36. The van der Waals surface area contributed by atoms with Gasteiger partial charge in [0.25, 0.3) is 5.78 Å². The Morgan fingerprint density at radius 3 is 2.05 bits per heavy atom. The average Bonchev–Trinajstić information content (AvgIpc) is 3.36. The number of nitrogens with zero attached hydrogens (tertiary/aromatic N) is 3. The lowest BCUT2D eigenvalue weighted by Crippen LogP contribution is -2.59. The maximum Gasteiger partial charge on any atom is 0.366 e. The molecule has 0 radical (unpaired) electrons. The molecule has 2 aliphatic heterocycles. The van der Waals surface area contributed by atoms with E-state index in [0.717, 1.165) is 4.90 Å². The van der Waals surface area contributed by atoms with Crippen molar-refractivity contribution >= 4 is 58.0 Å². The first kappa shape index (κ1) is 25.8. The monoisotopic (exact) mass is 565 g/mol. The molecule has 1 atom stereocenters. The van der Waals surface area contributed by atoms with Gasteiger partial charge in [-0.3, -0.25) is 20.2 Å². The maximum atomic E-state index is 14.9. The van der Waals surface area contributed by atoms with Crippen LogP contribution in [-0.2, 0) is 14.4 Å². The molecule has 4 N–H and O–H groups in total. The summed E-state index contributed by atoms with van der Waals surface area (Å²) in [7, 11) is 0. The van der Waals surface area contributed by atoms with Crippen molar-refractivity contribution in [3.63, 3.8) is 0 Å². The molecule has 1 saturated heterocycles. The van der Waals surface area contributed by atoms with Gasteiger partial charge in [-0.15, -0.1) is 0 Å². The van der Waals surface area contributed by atoms with Crippen molar-refractivity contribution in [2.45, 2.75) is 5.66 Å². The number of rotatable bonds is 4. The Morgan fingerprint density at radius 1 is 0.829 bits per heavy atom. The number of guanidine groups is 1. The topological polar surface area (TPSA) is 127 Å². The zero-order valence-corrected chi connectivity index (χ0v) is 22.1. The second-order valence-electron chi connectivity index (χ2n) is 9.37. The van der Waals surface area contributed by atoms with Gasteiger partial charge in [-0.2, -0.15) is 9.48 Å². The zero-order valence-electron chi connectivity index (χ0n) is 21.3. The largest absolute Gasteiger partial charge is 0.507 e. The molecule has 4 aromatic carbocycles. The lowest BCUT2D eigenvalue weighted by Gasteiger charge is -2.33. The molecule has 202 valence electrons. The van der Waals surface area contributed by atoms with E-state index in [1.807, 2.05) is 0 Å². The summed E-state index contributed by atoms with van der Waals surface area (Å²) in [6, 6.07) is 28.9. The number of benzene rings is 4. The van der Waals surface area contributed by atoms with E-state index in [-0.39, 0.29) is 22.2 Å². The summed E-state index contributed by atoms with van der Waals surface area (Å²) in [6.45, 7) is 0. The summed E-state index contributed by atoms with van der Waals surface area (Å²) in [5, 5.41) is 22.8. The number of aliphatic hydroxyl groups excluding tert-OH is 1. The number of aromatic hydroxyl groups is 1. The molecule has 9 nitrogen and oxygen atoms in total. The van der Waals surface area contributed by atoms with Crippen LogP contribution in [0.15, 0.2) is 115 Å². The molecule has 2 heterocycles. The van der Waals surface area contributed by atoms with Crippen LogP contribution in [-0.4, -0.2) is 44.0 Å². The van der Waals surface area contributed by atoms with Crippen molar-refractivity contribution < 1.29 is 29.2 Å². The minimum atomic E-state index is -2.39. The van der Waals surface area contributed by atoms with Gasteiger partial charge in [0.1, 0.15) is 28.5 Å². The molecular weight excluding hydrogens is 544 g/mol. The maximum absolute atomic E-state index is 14.9. The third kappa shape index (κ3) is 3.70. The van der Waals surface area contributed by atoms with Gasteiger partial charge in [-0.05, 0) is 42.5 Å². The second kappa shape index (κ2) is 9.65. The summed E-state index contributed by atoms with van der Waals surface area (Å²) in [6.07, 6.45) is 0. The van der Waals surface area contributed by atoms with Crippen molar-refractivity contribution in [1.82, 2.24) is 0 Å². The number of nitrogens with two attached hydrogens (primary N) is 1. The van der Waals surface area contributed by atoms with Crippen LogP contribution in [0.1, 0.15) is 5.56 Å². The van der Waals surface area contributed by atoms with Gasteiger partial charge in [0.15, 0.2) is 0 Å². The lowest BCUT2D eigenvalue weighted by atomic mass is 9.93. The first-order valence-corrected chi connectivity index (χ1v) is 12.9. The number of Topliss-reactive ketones (excluding diaryl/α,β-unsaturated/α-hetero) is 1. The van der Waals surface area contributed by atoms with Crippen LogP contribution in [0.5, 0.6) is 5.75 Å². The zero-order chi connectivity index (χ0) is 28.9. The third-order valence-corrected chi connectivity index (χ3v) is 7.31. The Balaban J connectivity index is 1.79. The van der Waals surface area contributed by atoms with Gasteiger partial charge < -0.3 is 10.2 Å². The normalized spacial score (nSPS) is 20.0. The standard InChI is InChI=1S/C31H21ClN4O5/c32-20-16-17-24(37)23(18-20)36-28(40)27(39)25(26(38)19-10-4-1-5-11-19)31(36)29(41)34(21-12-6-2-7-13-21)30(33)35(31)22-14-8-3-9-15-22/h1-18,33H,(H2,37,38,39)/p+1. The second-order valence-corrected chi connectivity index (χ2v) is 9.81. The van der Waals surface area contributed by atoms with Crippen LogP contribution >= 0.6 is 11.6 Å². The highest BCUT2D eigenvalue weighted by Crippen LogP contribution is 2.50. The Bertz CT molecular complexity index is 1790. The molecular formula is C31H22ClN4O5+. The summed E-state index contributed by atoms with van der Waals surface area (Å²) in [5.74, 6) is -4.31. The number of halogens is 1. The first-order valence-electron chi connectivity index (χ1n) is 12.5. The number of aliphatic hydroxyl groups is 1. The first-order chi connectivity index (χ1) is 19.8.